The van der Waals surface area contributed by atoms with Crippen LogP contribution in [0.4, 0.5) is 13.2 Å². The average Bonchev–Trinajstić information content (AvgIpc) is 3.47. The van der Waals surface area contributed by atoms with Crippen LogP contribution in [0.2, 0.25) is 5.02 Å². The molecule has 0 aliphatic heterocycles. The Kier molecular flexibility index (Phi) is 6.34. The molecule has 4 aromatic rings. The second-order valence-electron chi connectivity index (χ2n) is 7.85. The summed E-state index contributed by atoms with van der Waals surface area (Å²) in [6.45, 7) is 5.56. The first-order chi connectivity index (χ1) is 16.1. The summed E-state index contributed by atoms with van der Waals surface area (Å²) in [7, 11) is 0. The van der Waals surface area contributed by atoms with Crippen molar-refractivity contribution in [3.8, 4) is 0 Å². The zero-order valence-corrected chi connectivity index (χ0v) is 19.3. The fourth-order valence-corrected chi connectivity index (χ4v) is 3.79. The van der Waals surface area contributed by atoms with Crippen molar-refractivity contribution in [3.63, 3.8) is 0 Å². The summed E-state index contributed by atoms with van der Waals surface area (Å²) in [4.78, 5) is 20.0. The highest BCUT2D eigenvalue weighted by molar-refractivity contribution is 6.31. The van der Waals surface area contributed by atoms with Crippen molar-refractivity contribution in [3.05, 3.63) is 58.2 Å². The Balaban J connectivity index is 1.42. The molecule has 0 fully saturated rings. The fourth-order valence-electron chi connectivity index (χ4n) is 3.67. The van der Waals surface area contributed by atoms with E-state index < -0.39 is 17.9 Å². The lowest BCUT2D eigenvalue weighted by atomic mass is 10.2. The largest absolute Gasteiger partial charge is 0.449 e. The summed E-state index contributed by atoms with van der Waals surface area (Å²) in [6, 6.07) is 6.18. The van der Waals surface area contributed by atoms with E-state index in [0.29, 0.717) is 11.4 Å². The summed E-state index contributed by atoms with van der Waals surface area (Å²) in [5.74, 6) is -2.12. The topological polar surface area (TPSA) is 104 Å². The molecular formula is C21H21ClF3N7O2. The highest BCUT2D eigenvalue weighted by Crippen LogP contribution is 2.31. The molecule has 0 saturated heterocycles. The molecule has 0 aliphatic carbocycles. The monoisotopic (exact) mass is 495 g/mol. The van der Waals surface area contributed by atoms with E-state index in [1.54, 1.807) is 16.8 Å². The predicted molar refractivity (Wildman–Crippen MR) is 117 cm³/mol. The molecule has 0 bridgehead atoms. The van der Waals surface area contributed by atoms with E-state index in [4.69, 9.17) is 16.1 Å². The number of nitrogens with zero attached hydrogens (tertiary/aromatic N) is 6. The number of amides is 1. The highest BCUT2D eigenvalue weighted by atomic mass is 35.5. The minimum atomic E-state index is -4.67. The van der Waals surface area contributed by atoms with Crippen molar-refractivity contribution in [2.45, 2.75) is 46.0 Å². The minimum absolute atomic E-state index is 0.0277. The van der Waals surface area contributed by atoms with Gasteiger partial charge < -0.3 is 14.4 Å². The SMILES string of the molecule is Cc1nn([C@H](C)CCNC(=O)c2nc(Cn3c(C(F)(F)F)nc4ccccc43)no2)c(C)c1Cl. The third-order valence-corrected chi connectivity index (χ3v) is 5.92. The van der Waals surface area contributed by atoms with E-state index in [2.05, 4.69) is 25.5 Å². The molecule has 34 heavy (non-hydrogen) atoms. The number of fused-ring (bicyclic) bond motifs is 1. The molecule has 180 valence electrons. The predicted octanol–water partition coefficient (Wildman–Crippen LogP) is 4.33. The standard InChI is InChI=1S/C21H21ClF3N7O2/c1-11(32-13(3)17(22)12(2)29-32)8-9-26-18(33)19-28-16(30-34-19)10-31-15-7-5-4-6-14(15)27-20(31)21(23,24)25/h4-7,11H,8-10H2,1-3H3,(H,26,33)/t11-/m1/s1. The summed E-state index contributed by atoms with van der Waals surface area (Å²) < 4.78 is 48.1. The lowest BCUT2D eigenvalue weighted by Crippen LogP contribution is -2.27. The zero-order valence-electron chi connectivity index (χ0n) is 18.5. The molecule has 9 nitrogen and oxygen atoms in total. The molecule has 0 saturated carbocycles. The maximum Gasteiger partial charge on any atom is 0.449 e. The lowest BCUT2D eigenvalue weighted by molar-refractivity contribution is -0.146. The van der Waals surface area contributed by atoms with Crippen molar-refractivity contribution in [1.82, 2.24) is 34.8 Å². The Morgan fingerprint density at radius 3 is 2.65 bits per heavy atom. The molecule has 1 N–H and O–H groups in total. The maximum absolute atomic E-state index is 13.5. The third-order valence-electron chi connectivity index (χ3n) is 5.37. The van der Waals surface area contributed by atoms with Gasteiger partial charge in [0.2, 0.25) is 5.82 Å². The van der Waals surface area contributed by atoms with E-state index in [1.165, 1.54) is 12.1 Å². The number of alkyl halides is 3. The van der Waals surface area contributed by atoms with Gasteiger partial charge in [-0.25, -0.2) is 4.98 Å². The van der Waals surface area contributed by atoms with Gasteiger partial charge in [0, 0.05) is 6.54 Å². The van der Waals surface area contributed by atoms with Crippen molar-refractivity contribution in [2.75, 3.05) is 6.54 Å². The van der Waals surface area contributed by atoms with Gasteiger partial charge in [-0.05, 0) is 39.3 Å². The van der Waals surface area contributed by atoms with Crippen LogP contribution >= 0.6 is 11.6 Å². The van der Waals surface area contributed by atoms with Gasteiger partial charge in [0.15, 0.2) is 5.82 Å². The Labute approximate surface area is 196 Å². The van der Waals surface area contributed by atoms with Crippen LogP contribution in [0.25, 0.3) is 11.0 Å². The first kappa shape index (κ1) is 23.7. The first-order valence-electron chi connectivity index (χ1n) is 10.4. The number of rotatable bonds is 7. The van der Waals surface area contributed by atoms with Gasteiger partial charge in [-0.1, -0.05) is 28.9 Å². The Bertz CT molecular complexity index is 1340. The summed E-state index contributed by atoms with van der Waals surface area (Å²) in [6.07, 6.45) is -4.11. The van der Waals surface area contributed by atoms with E-state index in [0.717, 1.165) is 16.0 Å². The maximum atomic E-state index is 13.5. The number of aryl methyl sites for hydroxylation is 1. The normalized spacial score (nSPS) is 12.9. The van der Waals surface area contributed by atoms with Gasteiger partial charge in [0.1, 0.15) is 0 Å². The molecule has 1 aromatic carbocycles. The smallest absolute Gasteiger partial charge is 0.348 e. The van der Waals surface area contributed by atoms with Crippen LogP contribution in [-0.2, 0) is 12.7 Å². The molecule has 1 amide bonds. The van der Waals surface area contributed by atoms with Crippen LogP contribution in [0.15, 0.2) is 28.8 Å². The molecule has 3 aromatic heterocycles. The molecule has 0 spiro atoms. The molecule has 3 heterocycles. The summed E-state index contributed by atoms with van der Waals surface area (Å²) in [5.41, 5.74) is 2.02. The van der Waals surface area contributed by atoms with E-state index >= 15 is 0 Å². The van der Waals surface area contributed by atoms with Crippen LogP contribution in [-0.4, -0.2) is 41.9 Å². The van der Waals surface area contributed by atoms with Gasteiger partial charge >= 0.3 is 18.0 Å². The van der Waals surface area contributed by atoms with Gasteiger partial charge in [-0.2, -0.15) is 23.3 Å². The van der Waals surface area contributed by atoms with Crippen LogP contribution in [0, 0.1) is 13.8 Å². The second kappa shape index (κ2) is 9.09. The van der Waals surface area contributed by atoms with Crippen LogP contribution in [0.5, 0.6) is 0 Å². The molecule has 0 unspecified atom stereocenters. The molecule has 0 radical (unpaired) electrons. The Hall–Kier alpha value is -3.41. The summed E-state index contributed by atoms with van der Waals surface area (Å²) in [5, 5.41) is 11.3. The quantitative estimate of drug-likeness (QED) is 0.409. The zero-order chi connectivity index (χ0) is 24.6. The van der Waals surface area contributed by atoms with Crippen LogP contribution in [0.1, 0.15) is 53.1 Å². The number of imidazole rings is 1. The van der Waals surface area contributed by atoms with Crippen molar-refractivity contribution < 1.29 is 22.5 Å². The Morgan fingerprint density at radius 2 is 1.97 bits per heavy atom. The fraction of sp³-hybridized carbons (Fsp3) is 0.381. The number of aromatic nitrogens is 6. The lowest BCUT2D eigenvalue weighted by Gasteiger charge is -2.14. The molecule has 0 aliphatic rings. The summed E-state index contributed by atoms with van der Waals surface area (Å²) >= 11 is 6.18. The minimum Gasteiger partial charge on any atom is -0.348 e. The number of para-hydroxylation sites is 2. The first-order valence-corrected chi connectivity index (χ1v) is 10.8. The van der Waals surface area contributed by atoms with Gasteiger partial charge in [0.25, 0.3) is 0 Å². The van der Waals surface area contributed by atoms with Crippen molar-refractivity contribution >= 4 is 28.5 Å². The number of hydrogen-bond acceptors (Lipinski definition) is 6. The molecule has 13 heteroatoms. The second-order valence-corrected chi connectivity index (χ2v) is 8.22. The third kappa shape index (κ3) is 4.63. The number of carbonyl (C=O) groups is 1. The molecule has 4 rings (SSSR count). The average molecular weight is 496 g/mol. The van der Waals surface area contributed by atoms with Crippen molar-refractivity contribution in [1.29, 1.82) is 0 Å². The number of halogens is 4. The molecular weight excluding hydrogens is 475 g/mol. The molecule has 1 atom stereocenters. The number of nitrogens with one attached hydrogen (secondary N) is 1. The highest BCUT2D eigenvalue weighted by Gasteiger charge is 2.38. The number of benzene rings is 1. The van der Waals surface area contributed by atoms with Gasteiger partial charge in [-0.3, -0.25) is 9.48 Å². The number of hydrogen-bond donors (Lipinski definition) is 1. The van der Waals surface area contributed by atoms with E-state index in [-0.39, 0.29) is 41.9 Å². The van der Waals surface area contributed by atoms with Gasteiger partial charge in [0.05, 0.1) is 40.0 Å². The van der Waals surface area contributed by atoms with E-state index in [9.17, 15) is 18.0 Å². The number of carbonyl (C=O) groups excluding carboxylic acids is 1. The Morgan fingerprint density at radius 1 is 1.24 bits per heavy atom. The van der Waals surface area contributed by atoms with Crippen LogP contribution in [0.3, 0.4) is 0 Å². The van der Waals surface area contributed by atoms with E-state index in [1.807, 2.05) is 20.8 Å². The van der Waals surface area contributed by atoms with Crippen molar-refractivity contribution in [2.24, 2.45) is 0 Å². The van der Waals surface area contributed by atoms with Crippen LogP contribution < -0.4 is 5.32 Å². The van der Waals surface area contributed by atoms with Gasteiger partial charge in [-0.15, -0.1) is 0 Å².